The molecule has 0 aliphatic rings. The number of nitrogens with one attached hydrogen (secondary N) is 1. The van der Waals surface area contributed by atoms with Crippen LogP contribution in [0, 0.1) is 20.2 Å². The van der Waals surface area contributed by atoms with Gasteiger partial charge in [-0.05, 0) is 19.2 Å². The number of nitrogens with zero attached hydrogens (tertiary/aromatic N) is 2. The van der Waals surface area contributed by atoms with Crippen molar-refractivity contribution < 1.29 is 18.3 Å². The Hall–Kier alpha value is -2.07. The largest absolute Gasteiger partial charge is 0.281 e. The highest BCUT2D eigenvalue weighted by atomic mass is 32.2. The van der Waals surface area contributed by atoms with E-state index in [2.05, 4.69) is 0 Å². The quantitative estimate of drug-likeness (QED) is 0.637. The standard InChI is InChI=1S/C10H13N3O6S/c1-10(2,13(16)17)8-5-4-7(20(18,19)11-3)6-9(8)12(14)15/h4-6,11H,1-3H3. The van der Waals surface area contributed by atoms with Crippen LogP contribution in [0.4, 0.5) is 5.69 Å². The predicted octanol–water partition coefficient (Wildman–Crippen LogP) is 1.01. The Morgan fingerprint density at radius 2 is 1.75 bits per heavy atom. The first-order chi connectivity index (χ1) is 9.04. The van der Waals surface area contributed by atoms with Crippen molar-refractivity contribution in [2.24, 2.45) is 0 Å². The highest BCUT2D eigenvalue weighted by Crippen LogP contribution is 2.33. The van der Waals surface area contributed by atoms with Gasteiger partial charge in [0, 0.05) is 24.8 Å². The normalized spacial score (nSPS) is 12.2. The fourth-order valence-electron chi connectivity index (χ4n) is 1.56. The van der Waals surface area contributed by atoms with Gasteiger partial charge in [0.15, 0.2) is 0 Å². The van der Waals surface area contributed by atoms with Gasteiger partial charge in [-0.15, -0.1) is 0 Å². The lowest BCUT2D eigenvalue weighted by atomic mass is 9.93. The molecule has 0 fully saturated rings. The lowest BCUT2D eigenvalue weighted by Gasteiger charge is -2.16. The Bertz CT molecular complexity index is 668. The number of nitro benzene ring substituents is 1. The molecule has 0 saturated heterocycles. The second-order valence-corrected chi connectivity index (χ2v) is 6.35. The van der Waals surface area contributed by atoms with Crippen LogP contribution in [0.5, 0.6) is 0 Å². The summed E-state index contributed by atoms with van der Waals surface area (Å²) in [6.45, 7) is 2.42. The van der Waals surface area contributed by atoms with E-state index >= 15 is 0 Å². The van der Waals surface area contributed by atoms with Gasteiger partial charge in [0.25, 0.3) is 5.69 Å². The molecule has 0 radical (unpaired) electrons. The van der Waals surface area contributed by atoms with Gasteiger partial charge in [0.2, 0.25) is 15.6 Å². The zero-order valence-electron chi connectivity index (χ0n) is 11.0. The SMILES string of the molecule is CNS(=O)(=O)c1ccc(C(C)(C)[N+](=O)[O-])c([N+](=O)[O-])c1. The van der Waals surface area contributed by atoms with Crippen molar-refractivity contribution in [2.45, 2.75) is 24.3 Å². The molecule has 0 amide bonds. The number of hydrogen-bond acceptors (Lipinski definition) is 6. The van der Waals surface area contributed by atoms with Crippen molar-refractivity contribution in [2.75, 3.05) is 7.05 Å². The summed E-state index contributed by atoms with van der Waals surface area (Å²) < 4.78 is 25.2. The minimum Gasteiger partial charge on any atom is -0.264 e. The molecule has 20 heavy (non-hydrogen) atoms. The van der Waals surface area contributed by atoms with Crippen LogP contribution in [0.1, 0.15) is 19.4 Å². The smallest absolute Gasteiger partial charge is 0.264 e. The molecular weight excluding hydrogens is 290 g/mol. The van der Waals surface area contributed by atoms with Crippen LogP contribution >= 0.6 is 0 Å². The van der Waals surface area contributed by atoms with Gasteiger partial charge in [-0.2, -0.15) is 0 Å². The Balaban J connectivity index is 3.60. The molecule has 0 aromatic heterocycles. The fraction of sp³-hybridized carbons (Fsp3) is 0.400. The molecule has 1 aromatic carbocycles. The third kappa shape index (κ3) is 2.75. The van der Waals surface area contributed by atoms with Crippen molar-refractivity contribution in [3.05, 3.63) is 44.0 Å². The molecule has 10 heteroatoms. The van der Waals surface area contributed by atoms with Crippen molar-refractivity contribution in [1.82, 2.24) is 4.72 Å². The van der Waals surface area contributed by atoms with Crippen molar-refractivity contribution >= 4 is 15.7 Å². The first kappa shape index (κ1) is 16.0. The zero-order chi connectivity index (χ0) is 15.7. The van der Waals surface area contributed by atoms with Crippen molar-refractivity contribution in [3.63, 3.8) is 0 Å². The zero-order valence-corrected chi connectivity index (χ0v) is 11.8. The minimum absolute atomic E-state index is 0.164. The number of nitro groups is 2. The van der Waals surface area contributed by atoms with E-state index in [-0.39, 0.29) is 10.5 Å². The van der Waals surface area contributed by atoms with Gasteiger partial charge in [0.05, 0.1) is 9.82 Å². The average Bonchev–Trinajstić information content (AvgIpc) is 2.37. The Morgan fingerprint density at radius 1 is 1.20 bits per heavy atom. The molecular formula is C10H13N3O6S. The summed E-state index contributed by atoms with van der Waals surface area (Å²) in [7, 11) is -2.70. The molecule has 0 spiro atoms. The van der Waals surface area contributed by atoms with Gasteiger partial charge in [-0.25, -0.2) is 13.1 Å². The molecule has 0 heterocycles. The third-order valence-corrected chi connectivity index (χ3v) is 4.27. The number of sulfonamides is 1. The van der Waals surface area contributed by atoms with Gasteiger partial charge in [-0.1, -0.05) is 0 Å². The molecule has 110 valence electrons. The van der Waals surface area contributed by atoms with Crippen molar-refractivity contribution in [1.29, 1.82) is 0 Å². The number of hydrogen-bond donors (Lipinski definition) is 1. The molecule has 0 unspecified atom stereocenters. The van der Waals surface area contributed by atoms with Gasteiger partial charge in [-0.3, -0.25) is 20.2 Å². The molecule has 1 N–H and O–H groups in total. The van der Waals surface area contributed by atoms with Crippen LogP contribution < -0.4 is 4.72 Å². The molecule has 0 aliphatic carbocycles. The van der Waals surface area contributed by atoms with Crippen LogP contribution in [0.3, 0.4) is 0 Å². The topological polar surface area (TPSA) is 132 Å². The maximum Gasteiger partial charge on any atom is 0.281 e. The fourth-order valence-corrected chi connectivity index (χ4v) is 2.31. The van der Waals surface area contributed by atoms with Crippen LogP contribution in [0.25, 0.3) is 0 Å². The van der Waals surface area contributed by atoms with E-state index in [0.717, 1.165) is 25.2 Å². The van der Waals surface area contributed by atoms with Gasteiger partial charge in [0.1, 0.15) is 5.56 Å². The molecule has 0 aliphatic heterocycles. The predicted molar refractivity (Wildman–Crippen MR) is 69.4 cm³/mol. The van der Waals surface area contributed by atoms with E-state index in [1.165, 1.54) is 13.8 Å². The third-order valence-electron chi connectivity index (χ3n) is 2.86. The van der Waals surface area contributed by atoms with Crippen LogP contribution in [-0.4, -0.2) is 25.3 Å². The van der Waals surface area contributed by atoms with E-state index in [4.69, 9.17) is 0 Å². The summed E-state index contributed by atoms with van der Waals surface area (Å²) >= 11 is 0. The summed E-state index contributed by atoms with van der Waals surface area (Å²) in [4.78, 5) is 20.2. The average molecular weight is 303 g/mol. The first-order valence-electron chi connectivity index (χ1n) is 5.41. The number of benzene rings is 1. The summed E-state index contributed by atoms with van der Waals surface area (Å²) in [6.07, 6.45) is 0. The van der Waals surface area contributed by atoms with Crippen LogP contribution in [-0.2, 0) is 15.6 Å². The van der Waals surface area contributed by atoms with Crippen molar-refractivity contribution in [3.8, 4) is 0 Å². The van der Waals surface area contributed by atoms with Crippen LogP contribution in [0.2, 0.25) is 0 Å². The highest BCUT2D eigenvalue weighted by Gasteiger charge is 2.40. The number of rotatable bonds is 5. The summed E-state index contributed by atoms with van der Waals surface area (Å²) in [5.74, 6) is 0. The molecule has 0 saturated carbocycles. The molecule has 9 nitrogen and oxygen atoms in total. The summed E-state index contributed by atoms with van der Waals surface area (Å²) in [5, 5.41) is 22.0. The Kier molecular flexibility index (Phi) is 4.10. The first-order valence-corrected chi connectivity index (χ1v) is 6.89. The summed E-state index contributed by atoms with van der Waals surface area (Å²) in [6, 6.07) is 3.00. The lowest BCUT2D eigenvalue weighted by Crippen LogP contribution is -2.29. The monoisotopic (exact) mass is 303 g/mol. The second-order valence-electron chi connectivity index (χ2n) is 4.46. The Morgan fingerprint density at radius 3 is 2.15 bits per heavy atom. The maximum atomic E-state index is 11.6. The van der Waals surface area contributed by atoms with Gasteiger partial charge < -0.3 is 0 Å². The highest BCUT2D eigenvalue weighted by molar-refractivity contribution is 7.89. The Labute approximate surface area is 115 Å². The molecule has 0 bridgehead atoms. The lowest BCUT2D eigenvalue weighted by molar-refractivity contribution is -0.570. The van der Waals surface area contributed by atoms with Gasteiger partial charge >= 0.3 is 0 Å². The molecule has 0 atom stereocenters. The maximum absolute atomic E-state index is 11.6. The van der Waals surface area contributed by atoms with E-state index in [1.54, 1.807) is 0 Å². The van der Waals surface area contributed by atoms with E-state index < -0.39 is 31.1 Å². The van der Waals surface area contributed by atoms with Crippen LogP contribution in [0.15, 0.2) is 23.1 Å². The second kappa shape index (κ2) is 5.13. The molecule has 1 aromatic rings. The van der Waals surface area contributed by atoms with E-state index in [1.807, 2.05) is 4.72 Å². The molecule has 1 rings (SSSR count). The summed E-state index contributed by atoms with van der Waals surface area (Å²) in [5.41, 5.74) is -2.48. The van der Waals surface area contributed by atoms with E-state index in [9.17, 15) is 28.6 Å². The minimum atomic E-state index is -3.86. The van der Waals surface area contributed by atoms with E-state index in [0.29, 0.717) is 0 Å².